The third kappa shape index (κ3) is 5.35. The minimum Gasteiger partial charge on any atom is -0.375 e. The van der Waals surface area contributed by atoms with Crippen LogP contribution in [-0.4, -0.2) is 39.1 Å². The molecular formula is C6H12N2O3. The number of likely N-dealkylation sites (N-methyl/N-ethyl adjacent to an activating group) is 1. The summed E-state index contributed by atoms with van der Waals surface area (Å²) < 4.78 is 4.53. The van der Waals surface area contributed by atoms with Crippen LogP contribution in [0.4, 0.5) is 0 Å². The first-order valence-corrected chi connectivity index (χ1v) is 3.17. The molecule has 0 aliphatic carbocycles. The SMILES string of the molecule is CNC(=O)CNC(=O)COC. The van der Waals surface area contributed by atoms with Crippen molar-refractivity contribution in [1.29, 1.82) is 0 Å². The van der Waals surface area contributed by atoms with Gasteiger partial charge in [-0.25, -0.2) is 0 Å². The van der Waals surface area contributed by atoms with Crippen LogP contribution in [0.3, 0.4) is 0 Å². The zero-order valence-electron chi connectivity index (χ0n) is 6.64. The maximum atomic E-state index is 10.6. The summed E-state index contributed by atoms with van der Waals surface area (Å²) in [6.45, 7) is -0.0182. The lowest BCUT2D eigenvalue weighted by atomic mass is 10.5. The van der Waals surface area contributed by atoms with E-state index in [0.29, 0.717) is 0 Å². The van der Waals surface area contributed by atoms with Gasteiger partial charge in [-0.05, 0) is 0 Å². The molecule has 0 fully saturated rings. The fourth-order valence-corrected chi connectivity index (χ4v) is 0.449. The van der Waals surface area contributed by atoms with Crippen LogP contribution in [0.25, 0.3) is 0 Å². The Morgan fingerprint density at radius 2 is 2.00 bits per heavy atom. The molecule has 0 radical (unpaired) electrons. The Bertz CT molecular complexity index is 147. The van der Waals surface area contributed by atoms with Crippen molar-refractivity contribution in [3.8, 4) is 0 Å². The maximum absolute atomic E-state index is 10.6. The first kappa shape index (κ1) is 9.90. The van der Waals surface area contributed by atoms with Gasteiger partial charge in [-0.3, -0.25) is 9.59 Å². The van der Waals surface area contributed by atoms with Gasteiger partial charge in [0.15, 0.2) is 0 Å². The van der Waals surface area contributed by atoms with E-state index < -0.39 is 0 Å². The molecule has 0 heterocycles. The predicted molar refractivity (Wildman–Crippen MR) is 39.0 cm³/mol. The second kappa shape index (κ2) is 5.67. The van der Waals surface area contributed by atoms with E-state index in [2.05, 4.69) is 15.4 Å². The fourth-order valence-electron chi connectivity index (χ4n) is 0.449. The molecule has 2 N–H and O–H groups in total. The van der Waals surface area contributed by atoms with Crippen molar-refractivity contribution in [2.75, 3.05) is 27.3 Å². The summed E-state index contributed by atoms with van der Waals surface area (Å²) in [5.41, 5.74) is 0. The number of methoxy groups -OCH3 is 1. The largest absolute Gasteiger partial charge is 0.375 e. The van der Waals surface area contributed by atoms with Gasteiger partial charge in [-0.1, -0.05) is 0 Å². The van der Waals surface area contributed by atoms with Crippen LogP contribution < -0.4 is 10.6 Å². The highest BCUT2D eigenvalue weighted by molar-refractivity contribution is 5.84. The highest BCUT2D eigenvalue weighted by Crippen LogP contribution is 1.68. The lowest BCUT2D eigenvalue weighted by molar-refractivity contribution is -0.128. The van der Waals surface area contributed by atoms with Crippen molar-refractivity contribution < 1.29 is 14.3 Å². The molecule has 0 atom stereocenters. The van der Waals surface area contributed by atoms with E-state index in [9.17, 15) is 9.59 Å². The van der Waals surface area contributed by atoms with Gasteiger partial charge >= 0.3 is 0 Å². The molecule has 0 saturated heterocycles. The van der Waals surface area contributed by atoms with Crippen LogP contribution in [0.5, 0.6) is 0 Å². The highest BCUT2D eigenvalue weighted by Gasteiger charge is 2.01. The highest BCUT2D eigenvalue weighted by atomic mass is 16.5. The van der Waals surface area contributed by atoms with Gasteiger partial charge < -0.3 is 15.4 Å². The van der Waals surface area contributed by atoms with Gasteiger partial charge in [0.05, 0.1) is 6.54 Å². The van der Waals surface area contributed by atoms with Gasteiger partial charge in [0.2, 0.25) is 11.8 Å². The molecule has 0 aromatic carbocycles. The van der Waals surface area contributed by atoms with E-state index in [1.165, 1.54) is 14.2 Å². The Hall–Kier alpha value is -1.10. The first-order chi connectivity index (χ1) is 5.20. The van der Waals surface area contributed by atoms with Crippen molar-refractivity contribution in [1.82, 2.24) is 10.6 Å². The molecule has 2 amide bonds. The van der Waals surface area contributed by atoms with Crippen LogP contribution in [-0.2, 0) is 14.3 Å². The number of nitrogens with one attached hydrogen (secondary N) is 2. The topological polar surface area (TPSA) is 67.4 Å². The Kier molecular flexibility index (Phi) is 5.10. The number of hydrogen-bond donors (Lipinski definition) is 2. The van der Waals surface area contributed by atoms with Crippen LogP contribution in [0.1, 0.15) is 0 Å². The summed E-state index contributed by atoms with van der Waals surface area (Å²) >= 11 is 0. The molecule has 11 heavy (non-hydrogen) atoms. The Morgan fingerprint density at radius 3 is 2.45 bits per heavy atom. The van der Waals surface area contributed by atoms with Crippen molar-refractivity contribution in [3.05, 3.63) is 0 Å². The number of amides is 2. The van der Waals surface area contributed by atoms with Gasteiger partial charge in [0.1, 0.15) is 6.61 Å². The molecule has 0 saturated carbocycles. The average molecular weight is 160 g/mol. The number of carbonyl (C=O) groups excluding carboxylic acids is 2. The Morgan fingerprint density at radius 1 is 1.36 bits per heavy atom. The molecular weight excluding hydrogens is 148 g/mol. The molecule has 0 aliphatic heterocycles. The minimum absolute atomic E-state index is 0.00130. The smallest absolute Gasteiger partial charge is 0.246 e. The molecule has 0 aromatic rings. The van der Waals surface area contributed by atoms with E-state index in [0.717, 1.165) is 0 Å². The van der Waals surface area contributed by atoms with E-state index in [-0.39, 0.29) is 25.0 Å². The van der Waals surface area contributed by atoms with Crippen LogP contribution in [0.2, 0.25) is 0 Å². The van der Waals surface area contributed by atoms with Crippen LogP contribution in [0.15, 0.2) is 0 Å². The van der Waals surface area contributed by atoms with Gasteiger partial charge in [-0.15, -0.1) is 0 Å². The molecule has 5 nitrogen and oxygen atoms in total. The predicted octanol–water partition coefficient (Wildman–Crippen LogP) is -1.50. The molecule has 0 unspecified atom stereocenters. The molecule has 5 heteroatoms. The van der Waals surface area contributed by atoms with E-state index in [1.54, 1.807) is 0 Å². The van der Waals surface area contributed by atoms with Crippen molar-refractivity contribution in [2.45, 2.75) is 0 Å². The molecule has 0 rings (SSSR count). The van der Waals surface area contributed by atoms with Crippen LogP contribution in [0, 0.1) is 0 Å². The van der Waals surface area contributed by atoms with Crippen molar-refractivity contribution >= 4 is 11.8 Å². The third-order valence-electron chi connectivity index (χ3n) is 1.00. The number of hydrogen-bond acceptors (Lipinski definition) is 3. The molecule has 0 bridgehead atoms. The minimum atomic E-state index is -0.295. The monoisotopic (exact) mass is 160 g/mol. The molecule has 0 aromatic heterocycles. The lowest BCUT2D eigenvalue weighted by Gasteiger charge is -2.01. The van der Waals surface area contributed by atoms with E-state index >= 15 is 0 Å². The summed E-state index contributed by atoms with van der Waals surface area (Å²) in [7, 11) is 2.92. The zero-order valence-corrected chi connectivity index (χ0v) is 6.64. The molecule has 0 spiro atoms. The van der Waals surface area contributed by atoms with E-state index in [1.807, 2.05) is 0 Å². The average Bonchev–Trinajstić information content (AvgIpc) is 2.01. The second-order valence-electron chi connectivity index (χ2n) is 1.88. The van der Waals surface area contributed by atoms with Crippen molar-refractivity contribution in [2.24, 2.45) is 0 Å². The first-order valence-electron chi connectivity index (χ1n) is 3.17. The summed E-state index contributed by atoms with van der Waals surface area (Å²) in [4.78, 5) is 21.2. The van der Waals surface area contributed by atoms with E-state index in [4.69, 9.17) is 0 Å². The number of rotatable bonds is 4. The Labute approximate surface area is 65.1 Å². The second-order valence-corrected chi connectivity index (χ2v) is 1.88. The van der Waals surface area contributed by atoms with Crippen molar-refractivity contribution in [3.63, 3.8) is 0 Å². The summed E-state index contributed by atoms with van der Waals surface area (Å²) in [5, 5.41) is 4.73. The third-order valence-corrected chi connectivity index (χ3v) is 1.00. The normalized spacial score (nSPS) is 8.91. The zero-order chi connectivity index (χ0) is 8.69. The van der Waals surface area contributed by atoms with Gasteiger partial charge in [0.25, 0.3) is 0 Å². The molecule has 64 valence electrons. The number of carbonyl (C=O) groups is 2. The maximum Gasteiger partial charge on any atom is 0.246 e. The molecule has 0 aliphatic rings. The lowest BCUT2D eigenvalue weighted by Crippen LogP contribution is -2.36. The quantitative estimate of drug-likeness (QED) is 0.525. The summed E-state index contributed by atoms with van der Waals surface area (Å²) in [5.74, 6) is -0.523. The summed E-state index contributed by atoms with van der Waals surface area (Å²) in [6, 6.07) is 0. The fraction of sp³-hybridized carbons (Fsp3) is 0.667. The summed E-state index contributed by atoms with van der Waals surface area (Å²) in [6.07, 6.45) is 0. The van der Waals surface area contributed by atoms with Crippen LogP contribution >= 0.6 is 0 Å². The Balaban J connectivity index is 3.38. The van der Waals surface area contributed by atoms with Gasteiger partial charge in [-0.2, -0.15) is 0 Å². The standard InChI is InChI=1S/C6H12N2O3/c1-7-5(9)3-8-6(10)4-11-2/h3-4H2,1-2H3,(H,7,9)(H,8,10). The van der Waals surface area contributed by atoms with Gasteiger partial charge in [0, 0.05) is 14.2 Å². The number of ether oxygens (including phenoxy) is 1.